The van der Waals surface area contributed by atoms with Gasteiger partial charge in [-0.05, 0) is 31.5 Å². The summed E-state index contributed by atoms with van der Waals surface area (Å²) in [5.41, 5.74) is 1.09. The lowest BCUT2D eigenvalue weighted by atomic mass is 10.1. The van der Waals surface area contributed by atoms with Crippen LogP contribution in [-0.4, -0.2) is 49.2 Å². The average molecular weight is 350 g/mol. The van der Waals surface area contributed by atoms with Gasteiger partial charge in [-0.3, -0.25) is 4.79 Å². The van der Waals surface area contributed by atoms with Crippen molar-refractivity contribution in [1.29, 1.82) is 0 Å². The van der Waals surface area contributed by atoms with E-state index in [0.717, 1.165) is 12.8 Å². The highest BCUT2D eigenvalue weighted by atomic mass is 16.5. The van der Waals surface area contributed by atoms with Crippen LogP contribution in [0.4, 0.5) is 5.69 Å². The summed E-state index contributed by atoms with van der Waals surface area (Å²) >= 11 is 0. The molecule has 0 aliphatic carbocycles. The van der Waals surface area contributed by atoms with E-state index >= 15 is 0 Å². The minimum absolute atomic E-state index is 0.113. The maximum absolute atomic E-state index is 11.9. The number of ether oxygens (including phenoxy) is 2. The number of hydrogen-bond donors (Lipinski definition) is 2. The molecular formula is C19H30N2O4. The zero-order valence-corrected chi connectivity index (χ0v) is 15.8. The molecule has 0 aliphatic rings. The Morgan fingerprint density at radius 3 is 2.64 bits per heavy atom. The number of rotatable bonds is 10. The molecule has 140 valence electrons. The van der Waals surface area contributed by atoms with Gasteiger partial charge in [0.2, 0.25) is 0 Å². The van der Waals surface area contributed by atoms with Crippen molar-refractivity contribution in [3.63, 3.8) is 0 Å². The van der Waals surface area contributed by atoms with Crippen LogP contribution in [0.2, 0.25) is 0 Å². The fourth-order valence-electron chi connectivity index (χ4n) is 2.17. The van der Waals surface area contributed by atoms with E-state index < -0.39 is 6.10 Å². The van der Waals surface area contributed by atoms with Crippen molar-refractivity contribution < 1.29 is 19.4 Å². The molecule has 0 radical (unpaired) electrons. The van der Waals surface area contributed by atoms with E-state index in [4.69, 9.17) is 9.47 Å². The maximum atomic E-state index is 11.9. The third-order valence-corrected chi connectivity index (χ3v) is 3.49. The van der Waals surface area contributed by atoms with Gasteiger partial charge < -0.3 is 19.9 Å². The van der Waals surface area contributed by atoms with Crippen molar-refractivity contribution in [3.05, 3.63) is 23.8 Å². The highest BCUT2D eigenvalue weighted by Crippen LogP contribution is 2.26. The van der Waals surface area contributed by atoms with Crippen molar-refractivity contribution in [3.8, 4) is 5.75 Å². The van der Waals surface area contributed by atoms with Crippen LogP contribution in [-0.2, 0) is 4.74 Å². The van der Waals surface area contributed by atoms with Crippen molar-refractivity contribution in [2.45, 2.75) is 52.7 Å². The highest BCUT2D eigenvalue weighted by Gasteiger charge is 2.13. The van der Waals surface area contributed by atoms with E-state index in [1.807, 2.05) is 20.8 Å². The molecule has 0 aliphatic heterocycles. The third kappa shape index (κ3) is 7.67. The Bertz CT molecular complexity index is 585. The molecule has 0 amide bonds. The Hall–Kier alpha value is -1.92. The third-order valence-electron chi connectivity index (χ3n) is 3.49. The largest absolute Gasteiger partial charge is 0.490 e. The standard InChI is InChI=1S/C19H30N2O4/c1-6-7-19(24-5)21-15-8-9-18(17(10-15)14(4)22)25-12-16(23)11-20-13(2)3/h8-10,13,16,20,23H,6-7,11-12H2,1-5H3/b21-19-. The molecule has 6 heteroatoms. The fourth-order valence-corrected chi connectivity index (χ4v) is 2.17. The molecule has 0 saturated carbocycles. The average Bonchev–Trinajstić information content (AvgIpc) is 2.58. The topological polar surface area (TPSA) is 80.2 Å². The number of aliphatic hydroxyl groups excluding tert-OH is 1. The highest BCUT2D eigenvalue weighted by molar-refractivity contribution is 5.98. The minimum atomic E-state index is -0.649. The van der Waals surface area contributed by atoms with Crippen LogP contribution < -0.4 is 10.1 Å². The molecule has 0 saturated heterocycles. The summed E-state index contributed by atoms with van der Waals surface area (Å²) in [6.07, 6.45) is 1.01. The van der Waals surface area contributed by atoms with Gasteiger partial charge in [0.05, 0.1) is 18.4 Å². The number of aliphatic imine (C=N–C) groups is 1. The molecule has 0 aromatic heterocycles. The lowest BCUT2D eigenvalue weighted by Crippen LogP contribution is -2.35. The van der Waals surface area contributed by atoms with Crippen LogP contribution >= 0.6 is 0 Å². The predicted octanol–water partition coefficient (Wildman–Crippen LogP) is 3.10. The van der Waals surface area contributed by atoms with Gasteiger partial charge in [0.25, 0.3) is 0 Å². The first-order chi connectivity index (χ1) is 11.9. The van der Waals surface area contributed by atoms with Gasteiger partial charge in [0.1, 0.15) is 18.5 Å². The number of aliphatic hydroxyl groups is 1. The lowest BCUT2D eigenvalue weighted by Gasteiger charge is -2.16. The second kappa shape index (κ2) is 10.8. The van der Waals surface area contributed by atoms with Crippen molar-refractivity contribution >= 4 is 17.4 Å². The Balaban J connectivity index is 2.86. The molecule has 0 heterocycles. The summed E-state index contributed by atoms with van der Waals surface area (Å²) in [5, 5.41) is 13.1. The monoisotopic (exact) mass is 350 g/mol. The molecule has 1 aromatic carbocycles. The molecule has 1 unspecified atom stereocenters. The van der Waals surface area contributed by atoms with E-state index in [1.54, 1.807) is 25.3 Å². The molecular weight excluding hydrogens is 320 g/mol. The normalized spacial score (nSPS) is 13.0. The Labute approximate surface area is 150 Å². The predicted molar refractivity (Wildman–Crippen MR) is 100 cm³/mol. The second-order valence-electron chi connectivity index (χ2n) is 6.22. The zero-order valence-electron chi connectivity index (χ0n) is 15.8. The number of carbonyl (C=O) groups excluding carboxylic acids is 1. The van der Waals surface area contributed by atoms with Crippen LogP contribution in [0.1, 0.15) is 50.9 Å². The van der Waals surface area contributed by atoms with Crippen LogP contribution in [0.15, 0.2) is 23.2 Å². The molecule has 6 nitrogen and oxygen atoms in total. The van der Waals surface area contributed by atoms with Crippen molar-refractivity contribution in [2.24, 2.45) is 4.99 Å². The summed E-state index contributed by atoms with van der Waals surface area (Å²) in [5.74, 6) is 0.960. The van der Waals surface area contributed by atoms with Crippen LogP contribution in [0.3, 0.4) is 0 Å². The van der Waals surface area contributed by atoms with Crippen LogP contribution in [0, 0.1) is 0 Å². The number of benzene rings is 1. The zero-order chi connectivity index (χ0) is 18.8. The molecule has 0 bridgehead atoms. The van der Waals surface area contributed by atoms with E-state index in [-0.39, 0.29) is 18.4 Å². The smallest absolute Gasteiger partial charge is 0.188 e. The summed E-state index contributed by atoms with van der Waals surface area (Å²) in [4.78, 5) is 16.3. The quantitative estimate of drug-likeness (QED) is 0.385. The van der Waals surface area contributed by atoms with E-state index in [1.165, 1.54) is 6.92 Å². The number of ketones is 1. The molecule has 25 heavy (non-hydrogen) atoms. The number of hydrogen-bond acceptors (Lipinski definition) is 6. The first kappa shape index (κ1) is 21.1. The Morgan fingerprint density at radius 1 is 1.36 bits per heavy atom. The molecule has 1 aromatic rings. The summed E-state index contributed by atoms with van der Waals surface area (Å²) in [7, 11) is 1.59. The van der Waals surface area contributed by atoms with Gasteiger partial charge in [-0.25, -0.2) is 4.99 Å². The molecule has 2 N–H and O–H groups in total. The minimum Gasteiger partial charge on any atom is -0.490 e. The first-order valence-electron chi connectivity index (χ1n) is 8.68. The molecule has 1 atom stereocenters. The van der Waals surface area contributed by atoms with Gasteiger partial charge in [-0.2, -0.15) is 0 Å². The van der Waals surface area contributed by atoms with Gasteiger partial charge in [0, 0.05) is 19.0 Å². The number of nitrogens with zero attached hydrogens (tertiary/aromatic N) is 1. The second-order valence-corrected chi connectivity index (χ2v) is 6.22. The van der Waals surface area contributed by atoms with Gasteiger partial charge in [-0.1, -0.05) is 20.8 Å². The summed E-state index contributed by atoms with van der Waals surface area (Å²) in [6, 6.07) is 5.45. The fraction of sp³-hybridized carbons (Fsp3) is 0.579. The van der Waals surface area contributed by atoms with Gasteiger partial charge in [0.15, 0.2) is 11.7 Å². The first-order valence-corrected chi connectivity index (χ1v) is 8.68. The van der Waals surface area contributed by atoms with E-state index in [9.17, 15) is 9.90 Å². The number of carbonyl (C=O) groups is 1. The van der Waals surface area contributed by atoms with E-state index in [2.05, 4.69) is 10.3 Å². The number of nitrogens with one attached hydrogen (secondary N) is 1. The van der Waals surface area contributed by atoms with Crippen molar-refractivity contribution in [2.75, 3.05) is 20.3 Å². The van der Waals surface area contributed by atoms with Gasteiger partial charge >= 0.3 is 0 Å². The summed E-state index contributed by atoms with van der Waals surface area (Å²) in [6.45, 7) is 8.09. The molecule has 1 rings (SSSR count). The summed E-state index contributed by atoms with van der Waals surface area (Å²) < 4.78 is 10.9. The Morgan fingerprint density at radius 2 is 2.08 bits per heavy atom. The van der Waals surface area contributed by atoms with Gasteiger partial charge in [-0.15, -0.1) is 0 Å². The Kier molecular flexibility index (Phi) is 9.16. The lowest BCUT2D eigenvalue weighted by molar-refractivity contribution is 0.0968. The van der Waals surface area contributed by atoms with Crippen LogP contribution in [0.25, 0.3) is 0 Å². The van der Waals surface area contributed by atoms with Crippen LogP contribution in [0.5, 0.6) is 5.75 Å². The number of methoxy groups -OCH3 is 1. The molecule has 0 spiro atoms. The maximum Gasteiger partial charge on any atom is 0.188 e. The molecule has 0 fully saturated rings. The van der Waals surface area contributed by atoms with Crippen molar-refractivity contribution in [1.82, 2.24) is 5.32 Å². The SMILES string of the molecule is CCC/C(=N/c1ccc(OCC(O)CNC(C)C)c(C(C)=O)c1)OC. The number of Topliss-reactive ketones (excluding diaryl/α,β-unsaturated/α-hetero) is 1. The van der Waals surface area contributed by atoms with E-state index in [0.29, 0.717) is 29.4 Å².